The SMILES string of the molecule is CC(=CC(=O)Nc1cncc(-c2n[nH]c(=S)n2C)c1)C1CC1. The molecular formula is C15H17N5OS. The molecule has 0 aromatic carbocycles. The number of rotatable bonds is 4. The van der Waals surface area contributed by atoms with E-state index in [9.17, 15) is 4.79 Å². The van der Waals surface area contributed by atoms with Crippen molar-refractivity contribution >= 4 is 23.8 Å². The van der Waals surface area contributed by atoms with Gasteiger partial charge in [-0.3, -0.25) is 14.9 Å². The molecule has 3 rings (SSSR count). The maximum Gasteiger partial charge on any atom is 0.248 e. The van der Waals surface area contributed by atoms with Gasteiger partial charge in [0.05, 0.1) is 11.9 Å². The van der Waals surface area contributed by atoms with Crippen LogP contribution in [0.4, 0.5) is 5.69 Å². The first-order chi connectivity index (χ1) is 10.5. The Hall–Kier alpha value is -2.28. The average Bonchev–Trinajstić information content (AvgIpc) is 3.27. The molecule has 1 fully saturated rings. The lowest BCUT2D eigenvalue weighted by atomic mass is 10.2. The number of nitrogens with one attached hydrogen (secondary N) is 2. The van der Waals surface area contributed by atoms with Crippen LogP contribution in [-0.2, 0) is 11.8 Å². The van der Waals surface area contributed by atoms with Crippen molar-refractivity contribution in [2.75, 3.05) is 5.32 Å². The largest absolute Gasteiger partial charge is 0.321 e. The van der Waals surface area contributed by atoms with Crippen LogP contribution in [0.25, 0.3) is 11.4 Å². The molecule has 1 saturated carbocycles. The van der Waals surface area contributed by atoms with Gasteiger partial charge in [0.1, 0.15) is 0 Å². The van der Waals surface area contributed by atoms with Crippen LogP contribution in [0.1, 0.15) is 19.8 Å². The van der Waals surface area contributed by atoms with E-state index in [0.717, 1.165) is 11.1 Å². The van der Waals surface area contributed by atoms with Crippen molar-refractivity contribution in [3.63, 3.8) is 0 Å². The number of carbonyl (C=O) groups excluding carboxylic acids is 1. The highest BCUT2D eigenvalue weighted by Gasteiger charge is 2.23. The topological polar surface area (TPSA) is 75.6 Å². The Morgan fingerprint density at radius 1 is 1.50 bits per heavy atom. The zero-order valence-corrected chi connectivity index (χ0v) is 13.3. The number of anilines is 1. The summed E-state index contributed by atoms with van der Waals surface area (Å²) < 4.78 is 2.29. The Morgan fingerprint density at radius 2 is 2.27 bits per heavy atom. The van der Waals surface area contributed by atoms with Gasteiger partial charge >= 0.3 is 0 Å². The van der Waals surface area contributed by atoms with Crippen LogP contribution < -0.4 is 5.32 Å². The standard InChI is InChI=1S/C15H17N5OS/c1-9(10-3-4-10)5-13(21)17-12-6-11(7-16-8-12)14-18-19-15(22)20(14)2/h5-8,10H,3-4H2,1-2H3,(H,17,21)(H,19,22). The first-order valence-corrected chi connectivity index (χ1v) is 7.51. The Morgan fingerprint density at radius 3 is 2.91 bits per heavy atom. The summed E-state index contributed by atoms with van der Waals surface area (Å²) >= 11 is 5.10. The summed E-state index contributed by atoms with van der Waals surface area (Å²) in [5.74, 6) is 1.14. The molecule has 114 valence electrons. The number of aromatic nitrogens is 4. The fourth-order valence-electron chi connectivity index (χ4n) is 2.28. The number of pyridine rings is 1. The summed E-state index contributed by atoms with van der Waals surface area (Å²) in [5.41, 5.74) is 2.56. The maximum atomic E-state index is 12.0. The number of hydrogen-bond donors (Lipinski definition) is 2. The zero-order chi connectivity index (χ0) is 15.7. The predicted molar refractivity (Wildman–Crippen MR) is 86.7 cm³/mol. The molecule has 0 radical (unpaired) electrons. The van der Waals surface area contributed by atoms with E-state index in [1.165, 1.54) is 12.8 Å². The van der Waals surface area contributed by atoms with Gasteiger partial charge in [0, 0.05) is 24.9 Å². The summed E-state index contributed by atoms with van der Waals surface area (Å²) in [7, 11) is 1.83. The average molecular weight is 315 g/mol. The zero-order valence-electron chi connectivity index (χ0n) is 12.5. The fraction of sp³-hybridized carbons (Fsp3) is 0.333. The molecular weight excluding hydrogens is 298 g/mol. The molecule has 2 aromatic heterocycles. The smallest absolute Gasteiger partial charge is 0.248 e. The van der Waals surface area contributed by atoms with E-state index in [2.05, 4.69) is 20.5 Å². The third kappa shape index (κ3) is 3.14. The minimum atomic E-state index is -0.126. The molecule has 2 heterocycles. The van der Waals surface area contributed by atoms with Gasteiger partial charge in [-0.25, -0.2) is 0 Å². The minimum Gasteiger partial charge on any atom is -0.321 e. The second-order valence-electron chi connectivity index (χ2n) is 5.53. The van der Waals surface area contributed by atoms with E-state index in [0.29, 0.717) is 22.2 Å². The highest BCUT2D eigenvalue weighted by atomic mass is 32.1. The molecule has 2 aromatic rings. The molecule has 0 aliphatic heterocycles. The van der Waals surface area contributed by atoms with E-state index in [1.54, 1.807) is 23.0 Å². The molecule has 0 bridgehead atoms. The van der Waals surface area contributed by atoms with Gasteiger partial charge in [0.2, 0.25) is 5.91 Å². The number of hydrogen-bond acceptors (Lipinski definition) is 4. The van der Waals surface area contributed by atoms with E-state index < -0.39 is 0 Å². The van der Waals surface area contributed by atoms with Crippen LogP contribution in [0, 0.1) is 10.7 Å². The number of nitrogens with zero attached hydrogens (tertiary/aromatic N) is 3. The minimum absolute atomic E-state index is 0.126. The highest BCUT2D eigenvalue weighted by molar-refractivity contribution is 7.71. The number of aromatic amines is 1. The van der Waals surface area contributed by atoms with Crippen molar-refractivity contribution in [1.82, 2.24) is 19.7 Å². The summed E-state index contributed by atoms with van der Waals surface area (Å²) in [4.78, 5) is 16.2. The number of carbonyl (C=O) groups is 1. The normalized spacial score (nSPS) is 14.9. The third-order valence-electron chi connectivity index (χ3n) is 3.72. The Kier molecular flexibility index (Phi) is 3.89. The van der Waals surface area contributed by atoms with E-state index >= 15 is 0 Å². The van der Waals surface area contributed by atoms with E-state index in [-0.39, 0.29) is 5.91 Å². The van der Waals surface area contributed by atoms with Crippen molar-refractivity contribution in [3.05, 3.63) is 34.9 Å². The highest BCUT2D eigenvalue weighted by Crippen LogP contribution is 2.35. The third-order valence-corrected chi connectivity index (χ3v) is 4.09. The molecule has 0 unspecified atom stereocenters. The van der Waals surface area contributed by atoms with Gasteiger partial charge in [-0.15, -0.1) is 0 Å². The first-order valence-electron chi connectivity index (χ1n) is 7.10. The van der Waals surface area contributed by atoms with Crippen LogP contribution in [0.5, 0.6) is 0 Å². The van der Waals surface area contributed by atoms with Crippen LogP contribution in [0.3, 0.4) is 0 Å². The van der Waals surface area contributed by atoms with Crippen LogP contribution in [-0.4, -0.2) is 25.7 Å². The predicted octanol–water partition coefficient (Wildman–Crippen LogP) is 2.83. The molecule has 22 heavy (non-hydrogen) atoms. The van der Waals surface area contributed by atoms with Crippen molar-refractivity contribution in [2.45, 2.75) is 19.8 Å². The van der Waals surface area contributed by atoms with Crippen LogP contribution >= 0.6 is 12.2 Å². The quantitative estimate of drug-likeness (QED) is 0.672. The number of allylic oxidation sites excluding steroid dienone is 1. The van der Waals surface area contributed by atoms with Gasteiger partial charge in [0.25, 0.3) is 0 Å². The first kappa shape index (κ1) is 14.6. The van der Waals surface area contributed by atoms with Crippen LogP contribution in [0.15, 0.2) is 30.1 Å². The van der Waals surface area contributed by atoms with Gasteiger partial charge in [0.15, 0.2) is 10.6 Å². The number of H-pyrrole nitrogens is 1. The molecule has 2 N–H and O–H groups in total. The summed E-state index contributed by atoms with van der Waals surface area (Å²) in [6.45, 7) is 2.00. The molecule has 6 nitrogen and oxygen atoms in total. The molecule has 0 spiro atoms. The van der Waals surface area contributed by atoms with Crippen molar-refractivity contribution < 1.29 is 4.79 Å². The van der Waals surface area contributed by atoms with Gasteiger partial charge < -0.3 is 9.88 Å². The van der Waals surface area contributed by atoms with Crippen molar-refractivity contribution in [3.8, 4) is 11.4 Å². The molecule has 7 heteroatoms. The Labute approximate surface area is 133 Å². The summed E-state index contributed by atoms with van der Waals surface area (Å²) in [6, 6.07) is 1.83. The van der Waals surface area contributed by atoms with Crippen molar-refractivity contribution in [1.29, 1.82) is 0 Å². The Bertz CT molecular complexity index is 800. The number of amides is 1. The van der Waals surface area contributed by atoms with Gasteiger partial charge in [-0.1, -0.05) is 5.57 Å². The maximum absolute atomic E-state index is 12.0. The lowest BCUT2D eigenvalue weighted by Gasteiger charge is -2.05. The molecule has 1 amide bonds. The summed E-state index contributed by atoms with van der Waals surface area (Å²) in [6.07, 6.45) is 7.34. The monoisotopic (exact) mass is 315 g/mol. The molecule has 1 aliphatic carbocycles. The summed E-state index contributed by atoms with van der Waals surface area (Å²) in [5, 5.41) is 9.74. The lowest BCUT2D eigenvalue weighted by molar-refractivity contribution is -0.112. The van der Waals surface area contributed by atoms with Gasteiger partial charge in [-0.05, 0) is 44.0 Å². The molecule has 0 atom stereocenters. The molecule has 0 saturated heterocycles. The van der Waals surface area contributed by atoms with Crippen LogP contribution in [0.2, 0.25) is 0 Å². The van der Waals surface area contributed by atoms with Gasteiger partial charge in [-0.2, -0.15) is 5.10 Å². The second-order valence-corrected chi connectivity index (χ2v) is 5.91. The lowest BCUT2D eigenvalue weighted by Crippen LogP contribution is -2.09. The van der Waals surface area contributed by atoms with E-state index in [4.69, 9.17) is 12.2 Å². The Balaban J connectivity index is 1.79. The second kappa shape index (κ2) is 5.84. The fourth-order valence-corrected chi connectivity index (χ4v) is 2.41. The molecule has 1 aliphatic rings. The van der Waals surface area contributed by atoms with Crippen molar-refractivity contribution in [2.24, 2.45) is 13.0 Å². The van der Waals surface area contributed by atoms with E-state index in [1.807, 2.05) is 20.0 Å².